The molecule has 0 radical (unpaired) electrons. The van der Waals surface area contributed by atoms with Crippen molar-refractivity contribution in [2.24, 2.45) is 5.73 Å². The number of carboxylic acid groups (broad SMARTS) is 1. The molecule has 0 saturated carbocycles. The molecule has 12 N–H and O–H groups in total. The Hall–Kier alpha value is -15.8. The van der Waals surface area contributed by atoms with Crippen molar-refractivity contribution >= 4 is 63.4 Å². The SMILES string of the molecule is C.NCCO.Nc1cc(F)c(OCCCC(=O)c2cccn(Cc3ccc(F)c(F)c3)c2=O)cc1N.Nc1cc(OCCCC(=O)c2cccn(Cc3ccc(F)c(F)c3)c2=O)c(F)cc1[N+](=O)[O-].O=C(CCCO)c1cccn(Cc2ccc(F)c(F)c2)c1=O.O=C(O)c1cccn(Cc2ccc(F)c(F)c2)c1=O.O=C1Cc2cc(F)c(OCCCC(=O)c3cccn(Cc4ccc(F)c(F)c4)c3=O)cc2N1.[2H]CF.[H-].[Na+]. The number of nitrogens with one attached hydrogen (secondary N) is 1. The van der Waals surface area contributed by atoms with Gasteiger partial charge in [-0.15, -0.1) is 0 Å². The van der Waals surface area contributed by atoms with E-state index in [0.29, 0.717) is 51.7 Å². The van der Waals surface area contributed by atoms with Crippen LogP contribution in [0.1, 0.15) is 147 Å². The van der Waals surface area contributed by atoms with Crippen LogP contribution >= 0.6 is 0 Å². The van der Waals surface area contributed by atoms with Gasteiger partial charge in [-0.05, 0) is 186 Å². The Morgan fingerprint density at radius 1 is 0.397 bits per heavy atom. The summed E-state index contributed by atoms with van der Waals surface area (Å²) in [6.07, 6.45) is 8.19. The van der Waals surface area contributed by atoms with Gasteiger partial charge in [-0.1, -0.05) is 37.8 Å². The third-order valence-corrected chi connectivity index (χ3v) is 20.5. The van der Waals surface area contributed by atoms with Crippen LogP contribution in [0.15, 0.2) is 243 Å². The van der Waals surface area contributed by atoms with Crippen LogP contribution in [0.4, 0.5) is 89.9 Å². The van der Waals surface area contributed by atoms with Crippen LogP contribution in [0.2, 0.25) is 0 Å². The number of fused-ring (bicyclic) bond motifs is 1. The first-order valence-electron chi connectivity index (χ1n) is 43.7. The van der Waals surface area contributed by atoms with E-state index in [1.165, 1.54) is 152 Å². The molecule has 0 aliphatic carbocycles. The van der Waals surface area contributed by atoms with Crippen molar-refractivity contribution in [1.29, 1.82) is 0 Å². The van der Waals surface area contributed by atoms with Crippen molar-refractivity contribution in [2.75, 3.05) is 69.3 Å². The van der Waals surface area contributed by atoms with Crippen molar-refractivity contribution in [3.05, 3.63) is 418 Å². The minimum absolute atomic E-state index is 0. The van der Waals surface area contributed by atoms with Crippen LogP contribution in [0.3, 0.4) is 0 Å². The first-order valence-corrected chi connectivity index (χ1v) is 43.0. The number of nitrogens with two attached hydrogens (primary N) is 4. The van der Waals surface area contributed by atoms with Crippen LogP contribution in [0.25, 0.3) is 0 Å². The van der Waals surface area contributed by atoms with Crippen LogP contribution in [0.5, 0.6) is 17.2 Å². The Bertz CT molecular complexity index is 7190. The van der Waals surface area contributed by atoms with Gasteiger partial charge in [0.25, 0.3) is 33.5 Å². The van der Waals surface area contributed by atoms with Crippen LogP contribution in [-0.4, -0.2) is 125 Å². The summed E-state index contributed by atoms with van der Waals surface area (Å²) >= 11 is 0. The number of anilines is 4. The Morgan fingerprint density at radius 3 is 0.952 bits per heavy atom. The van der Waals surface area contributed by atoms with Gasteiger partial charge in [-0.3, -0.25) is 62.5 Å². The van der Waals surface area contributed by atoms with Crippen molar-refractivity contribution in [1.82, 2.24) is 22.8 Å². The molecule has 1 amide bonds. The molecule has 768 valence electrons. The number of ether oxygens (including phenoxy) is 3. The molecule has 8 aromatic carbocycles. The summed E-state index contributed by atoms with van der Waals surface area (Å²) in [5, 5.41) is 38.7. The van der Waals surface area contributed by atoms with E-state index in [1.54, 1.807) is 6.07 Å². The fourth-order valence-corrected chi connectivity index (χ4v) is 13.4. The number of carbonyl (C=O) groups excluding carboxylic acids is 5. The van der Waals surface area contributed by atoms with E-state index in [4.69, 9.17) is 53.8 Å². The number of benzene rings is 8. The minimum Gasteiger partial charge on any atom is -1.00 e. The summed E-state index contributed by atoms with van der Waals surface area (Å²) < 4.78 is 211. The number of nitrogen functional groups attached to an aromatic ring is 3. The van der Waals surface area contributed by atoms with Gasteiger partial charge in [-0.2, -0.15) is 0 Å². The monoisotopic (exact) mass is 2060 g/mol. The third kappa shape index (κ3) is 34.5. The second-order valence-corrected chi connectivity index (χ2v) is 30.9. The number of Topliss-reactive ketones (excluding diaryl/α,β-unsaturated/α-hetero) is 4. The van der Waals surface area contributed by atoms with Gasteiger partial charge >= 0.3 is 35.5 Å². The van der Waals surface area contributed by atoms with E-state index >= 15 is 0 Å². The number of pyridine rings is 5. The topological polar surface area (TPSA) is 460 Å². The second kappa shape index (κ2) is 58.1. The number of nitrogens with zero attached hydrogens (tertiary/aromatic N) is 6. The van der Waals surface area contributed by atoms with Gasteiger partial charge in [0.1, 0.15) is 11.3 Å². The number of nitro benzene ring substituents is 1. The number of halogens is 14. The van der Waals surface area contributed by atoms with Crippen molar-refractivity contribution in [2.45, 2.75) is 97.9 Å². The average Bonchev–Trinajstić information content (AvgIpc) is 1.75. The number of rotatable bonds is 35. The van der Waals surface area contributed by atoms with Gasteiger partial charge < -0.3 is 82.0 Å². The van der Waals surface area contributed by atoms with E-state index in [9.17, 15) is 124 Å². The van der Waals surface area contributed by atoms with Gasteiger partial charge in [0.05, 0.1) is 119 Å². The summed E-state index contributed by atoms with van der Waals surface area (Å²) in [6, 6.07) is 37.4. The van der Waals surface area contributed by atoms with E-state index in [0.717, 1.165) is 77.4 Å². The molecule has 0 spiro atoms. The number of nitro groups is 1. The largest absolute Gasteiger partial charge is 1.00 e. The number of carbonyl (C=O) groups is 6. The molecule has 1 aliphatic rings. The molecule has 0 fully saturated rings. The number of amides is 1. The molecule has 13 aromatic rings. The van der Waals surface area contributed by atoms with Crippen LogP contribution < -0.4 is 99.8 Å². The molecule has 146 heavy (non-hydrogen) atoms. The minimum atomic E-state index is -1.33. The molecule has 14 rings (SSSR count). The van der Waals surface area contributed by atoms with E-state index in [-0.39, 0.29) is 236 Å². The van der Waals surface area contributed by atoms with Crippen LogP contribution in [-0.2, 0) is 43.9 Å². The molecule has 5 aromatic heterocycles. The Morgan fingerprint density at radius 2 is 0.664 bits per heavy atom. The standard InChI is InChI=1S/C24H19F3N2O4.C22H18F3N3O5.C22H20F3N3O3.C16H15F2NO3.C13H9F2NO3.C2H7NO.CH3F.CH4.Na.H/c25-17-6-5-14(9-18(17)26)13-29-7-1-3-16(24(29)32)21(30)4-2-8-33-22-12-20-15(10-19(22)27)11-23(31)28-20;23-15-6-5-13(9-16(15)24)12-27-7-1-3-14(22(27)30)20(29)4-2-8-33-21-11-18(26)19(28(31)32)10-17(21)25;23-15-6-5-13(9-16(15)24)12-28-7-1-3-14(22(28)30)20(29)4-2-8-31-21-11-19(27)18(26)10-17(21)25;17-13-6-5-11(9-14(13)18)10-19-7-1-3-12(16(19)22)15(21)4-2-8-20;14-10-4-3-8(6-11(10)15)7-16-5-1-2-9(12(16)17)13(18)19;3-1-2-4;1-2;;;/h1,3,5-7,9-10,12H,2,4,8,11,13H2,(H,28,31);1,3,5-7,9-11H,2,4,8,12,26H2;1,3,5-7,9-11H,2,4,8,12,26-27H2;1,3,5-7,9,20H,2,4,8,10H2;1-6H,7H2,(H,18,19);4H,1-3H2;1H3;1H4;;/q;;;;;;;;+1;-1/i;;;;;;1D;;;. The van der Waals surface area contributed by atoms with Gasteiger partial charge in [-0.25, -0.2) is 61.9 Å². The van der Waals surface area contributed by atoms with E-state index in [2.05, 4.69) is 5.32 Å². The number of hydrogen-bond acceptors (Lipinski definition) is 22. The number of ketones is 4. The van der Waals surface area contributed by atoms with Gasteiger partial charge in [0.15, 0.2) is 116 Å². The predicted octanol–water partition coefficient (Wildman–Crippen LogP) is 12.5. The van der Waals surface area contributed by atoms with Gasteiger partial charge in [0, 0.05) is 99.8 Å². The molecular formula is C101H96F14N11NaO19. The van der Waals surface area contributed by atoms with Crippen molar-refractivity contribution in [3.63, 3.8) is 0 Å². The van der Waals surface area contributed by atoms with Crippen molar-refractivity contribution in [3.8, 4) is 17.2 Å². The number of hydrogen-bond donors (Lipinski definition) is 8. The Balaban J connectivity index is 0.000000322. The molecule has 6 heterocycles. The molecule has 45 heteroatoms. The average molecular weight is 2060 g/mol. The molecule has 30 nitrogen and oxygen atoms in total. The molecule has 0 atom stereocenters. The fourth-order valence-electron chi connectivity index (χ4n) is 13.4. The number of aromatic nitrogens is 5. The second-order valence-electron chi connectivity index (χ2n) is 30.9. The van der Waals surface area contributed by atoms with E-state index in [1.807, 2.05) is 0 Å². The molecule has 0 unspecified atom stereocenters. The quantitative estimate of drug-likeness (QED) is 0.00348. The number of aliphatic hydroxyl groups excluding tert-OH is 2. The third-order valence-electron chi connectivity index (χ3n) is 20.5. The van der Waals surface area contributed by atoms with Crippen LogP contribution in [0, 0.1) is 85.7 Å². The molecular weight excluding hydrogens is 1960 g/mol. The zero-order chi connectivity index (χ0) is 106. The van der Waals surface area contributed by atoms with E-state index < -0.39 is 145 Å². The first-order chi connectivity index (χ1) is 69.1. The first kappa shape index (κ1) is 117. The maximum Gasteiger partial charge on any atom is 1.00 e. The predicted molar refractivity (Wildman–Crippen MR) is 508 cm³/mol. The van der Waals surface area contributed by atoms with Gasteiger partial charge in [0.2, 0.25) is 5.91 Å². The molecule has 1 aliphatic heterocycles. The zero-order valence-electron chi connectivity index (χ0n) is 78.8. The Kier molecular flexibility index (Phi) is 46.6. The van der Waals surface area contributed by atoms with Crippen molar-refractivity contribution < 1.29 is 157 Å². The number of aliphatic hydroxyl groups is 2. The smallest absolute Gasteiger partial charge is 1.00 e. The summed E-state index contributed by atoms with van der Waals surface area (Å²) in [5.74, 6) is -15.8. The number of aromatic carboxylic acids is 1. The summed E-state index contributed by atoms with van der Waals surface area (Å²) in [5.41, 5.74) is 20.4. The normalized spacial score (nSPS) is 10.8. The fraction of sp³-hybridized carbons (Fsp3) is 0.218. The zero-order valence-corrected chi connectivity index (χ0v) is 78.8. The molecule has 0 saturated heterocycles. The summed E-state index contributed by atoms with van der Waals surface area (Å²) in [6.45, 7) is 0.229. The summed E-state index contributed by atoms with van der Waals surface area (Å²) in [4.78, 5) is 143. The number of alkyl halides is 1. The molecule has 0 bridgehead atoms. The maximum atomic E-state index is 14.1. The number of carboxylic acids is 1. The Labute approximate surface area is 846 Å². The maximum absolute atomic E-state index is 14.1. The summed E-state index contributed by atoms with van der Waals surface area (Å²) in [7, 11) is -1.00.